The van der Waals surface area contributed by atoms with E-state index in [0.29, 0.717) is 5.75 Å². The molecule has 0 spiro atoms. The Kier molecular flexibility index (Phi) is 3.88. The number of thioether (sulfide) groups is 1. The number of fused-ring (bicyclic) bond motifs is 1. The molecule has 2 heterocycles. The molecule has 2 aliphatic heterocycles. The number of benzene rings is 1. The van der Waals surface area contributed by atoms with E-state index in [4.69, 9.17) is 4.74 Å². The van der Waals surface area contributed by atoms with Crippen molar-refractivity contribution in [1.82, 2.24) is 10.2 Å². The number of hydrogen-bond donors (Lipinski definition) is 1. The van der Waals surface area contributed by atoms with Crippen molar-refractivity contribution in [2.45, 2.75) is 18.3 Å². The predicted octanol–water partition coefficient (Wildman–Crippen LogP) is 1.37. The highest BCUT2D eigenvalue weighted by Gasteiger charge is 2.48. The molecule has 0 bridgehead atoms. The van der Waals surface area contributed by atoms with Crippen LogP contribution in [0.5, 0.6) is 5.75 Å². The van der Waals surface area contributed by atoms with Crippen molar-refractivity contribution in [3.05, 3.63) is 42.1 Å². The molecule has 2 atom stereocenters. The molecule has 0 aliphatic carbocycles. The highest BCUT2D eigenvalue weighted by atomic mass is 32.2. The number of amides is 2. The standard InChI is InChI=1S/C15H16N2O3S/c1-10-7-17-14(19)13(15(17)21-9-10)16-12(18)8-20-11-5-3-2-4-6-11/h2-7,13,15H,8-9H2,1H3,(H,16,18). The van der Waals surface area contributed by atoms with Crippen molar-refractivity contribution < 1.29 is 14.3 Å². The molecule has 1 fully saturated rings. The summed E-state index contributed by atoms with van der Waals surface area (Å²) in [5.41, 5.74) is 1.17. The lowest BCUT2D eigenvalue weighted by atomic mass is 10.1. The molecule has 5 nitrogen and oxygen atoms in total. The lowest BCUT2D eigenvalue weighted by Gasteiger charge is -2.47. The number of carbonyl (C=O) groups is 2. The van der Waals surface area contributed by atoms with E-state index in [1.807, 2.05) is 31.3 Å². The molecule has 1 aromatic rings. The van der Waals surface area contributed by atoms with Crippen LogP contribution in [0.15, 0.2) is 42.1 Å². The number of nitrogens with zero attached hydrogens (tertiary/aromatic N) is 1. The third-order valence-corrected chi connectivity index (χ3v) is 4.81. The van der Waals surface area contributed by atoms with Crippen molar-refractivity contribution in [1.29, 1.82) is 0 Å². The molecule has 3 rings (SSSR count). The van der Waals surface area contributed by atoms with Gasteiger partial charge in [0.2, 0.25) is 0 Å². The summed E-state index contributed by atoms with van der Waals surface area (Å²) in [5, 5.41) is 2.76. The Morgan fingerprint density at radius 2 is 2.19 bits per heavy atom. The maximum Gasteiger partial charge on any atom is 0.258 e. The predicted molar refractivity (Wildman–Crippen MR) is 80.7 cm³/mol. The van der Waals surface area contributed by atoms with Gasteiger partial charge in [0.15, 0.2) is 6.61 Å². The molecule has 0 saturated carbocycles. The van der Waals surface area contributed by atoms with E-state index in [1.165, 1.54) is 5.57 Å². The Bertz CT molecular complexity index is 588. The molecular weight excluding hydrogens is 288 g/mol. The number of rotatable bonds is 4. The number of nitrogens with one attached hydrogen (secondary N) is 1. The number of β-lactam (4-membered cyclic amide) rings is 1. The van der Waals surface area contributed by atoms with Crippen molar-refractivity contribution in [3.8, 4) is 5.75 Å². The molecular formula is C15H16N2O3S. The van der Waals surface area contributed by atoms with Gasteiger partial charge in [-0.15, -0.1) is 11.8 Å². The van der Waals surface area contributed by atoms with Gasteiger partial charge in [-0.05, 0) is 24.6 Å². The molecule has 110 valence electrons. The highest BCUT2D eigenvalue weighted by Crippen LogP contribution is 2.35. The van der Waals surface area contributed by atoms with Crippen LogP contribution in [0.1, 0.15) is 6.92 Å². The lowest BCUT2D eigenvalue weighted by Crippen LogP contribution is -2.68. The third kappa shape index (κ3) is 2.90. The van der Waals surface area contributed by atoms with Gasteiger partial charge < -0.3 is 15.0 Å². The van der Waals surface area contributed by atoms with Crippen LogP contribution in [0.4, 0.5) is 0 Å². The average Bonchev–Trinajstić information content (AvgIpc) is 2.51. The third-order valence-electron chi connectivity index (χ3n) is 3.35. The molecule has 1 N–H and O–H groups in total. The number of para-hydroxylation sites is 1. The topological polar surface area (TPSA) is 58.6 Å². The summed E-state index contributed by atoms with van der Waals surface area (Å²) in [7, 11) is 0. The number of carbonyl (C=O) groups excluding carboxylic acids is 2. The van der Waals surface area contributed by atoms with E-state index >= 15 is 0 Å². The second kappa shape index (κ2) is 5.81. The molecule has 1 aromatic carbocycles. The quantitative estimate of drug-likeness (QED) is 0.854. The fraction of sp³-hybridized carbons (Fsp3) is 0.333. The first-order valence-electron chi connectivity index (χ1n) is 6.73. The summed E-state index contributed by atoms with van der Waals surface area (Å²) in [6, 6.07) is 8.69. The SMILES string of the molecule is CC1=CN2C(=O)C(NC(=O)COc3ccccc3)C2SC1. The Morgan fingerprint density at radius 3 is 2.95 bits per heavy atom. The monoisotopic (exact) mass is 304 g/mol. The van der Waals surface area contributed by atoms with Gasteiger partial charge in [-0.2, -0.15) is 0 Å². The van der Waals surface area contributed by atoms with Crippen LogP contribution in [0.25, 0.3) is 0 Å². The number of ether oxygens (including phenoxy) is 1. The summed E-state index contributed by atoms with van der Waals surface area (Å²) in [4.78, 5) is 25.5. The van der Waals surface area contributed by atoms with Crippen LogP contribution in [0.3, 0.4) is 0 Å². The average molecular weight is 304 g/mol. The summed E-state index contributed by atoms with van der Waals surface area (Å²) in [6.45, 7) is 1.91. The Morgan fingerprint density at radius 1 is 1.43 bits per heavy atom. The first-order valence-corrected chi connectivity index (χ1v) is 7.78. The minimum Gasteiger partial charge on any atom is -0.484 e. The van der Waals surface area contributed by atoms with Crippen molar-refractivity contribution in [2.24, 2.45) is 0 Å². The maximum absolute atomic E-state index is 12.0. The van der Waals surface area contributed by atoms with E-state index in [0.717, 1.165) is 5.75 Å². The van der Waals surface area contributed by atoms with Crippen LogP contribution in [0, 0.1) is 0 Å². The van der Waals surface area contributed by atoms with Crippen molar-refractivity contribution in [2.75, 3.05) is 12.4 Å². The summed E-state index contributed by atoms with van der Waals surface area (Å²) in [5.74, 6) is 1.20. The Labute approximate surface area is 127 Å². The van der Waals surface area contributed by atoms with Gasteiger partial charge in [0.05, 0.1) is 0 Å². The zero-order valence-electron chi connectivity index (χ0n) is 11.6. The van der Waals surface area contributed by atoms with E-state index in [2.05, 4.69) is 5.32 Å². The van der Waals surface area contributed by atoms with Crippen LogP contribution >= 0.6 is 11.8 Å². The largest absolute Gasteiger partial charge is 0.484 e. The van der Waals surface area contributed by atoms with Crippen LogP contribution in [-0.4, -0.2) is 40.5 Å². The molecule has 2 aliphatic rings. The van der Waals surface area contributed by atoms with Gasteiger partial charge in [-0.3, -0.25) is 9.59 Å². The zero-order chi connectivity index (χ0) is 14.8. The zero-order valence-corrected chi connectivity index (χ0v) is 12.4. The van der Waals surface area contributed by atoms with Crippen molar-refractivity contribution in [3.63, 3.8) is 0 Å². The lowest BCUT2D eigenvalue weighted by molar-refractivity contribution is -0.145. The summed E-state index contributed by atoms with van der Waals surface area (Å²) < 4.78 is 5.37. The minimum absolute atomic E-state index is 0.0156. The van der Waals surface area contributed by atoms with Crippen LogP contribution < -0.4 is 10.1 Å². The Hall–Kier alpha value is -1.95. The van der Waals surface area contributed by atoms with Crippen molar-refractivity contribution >= 4 is 23.6 Å². The number of hydrogen-bond acceptors (Lipinski definition) is 4. The summed E-state index contributed by atoms with van der Waals surface area (Å²) >= 11 is 1.67. The molecule has 6 heteroatoms. The fourth-order valence-electron chi connectivity index (χ4n) is 2.31. The van der Waals surface area contributed by atoms with Crippen LogP contribution in [-0.2, 0) is 9.59 Å². The smallest absolute Gasteiger partial charge is 0.258 e. The highest BCUT2D eigenvalue weighted by molar-refractivity contribution is 8.00. The van der Waals surface area contributed by atoms with Gasteiger partial charge in [-0.25, -0.2) is 0 Å². The maximum atomic E-state index is 12.0. The first kappa shape index (κ1) is 14.0. The van der Waals surface area contributed by atoms with Gasteiger partial charge >= 0.3 is 0 Å². The Balaban J connectivity index is 1.51. The van der Waals surface area contributed by atoms with E-state index in [9.17, 15) is 9.59 Å². The summed E-state index contributed by atoms with van der Waals surface area (Å²) in [6.07, 6.45) is 1.87. The second-order valence-electron chi connectivity index (χ2n) is 5.07. The molecule has 2 amide bonds. The minimum atomic E-state index is -0.439. The second-order valence-corrected chi connectivity index (χ2v) is 6.17. The molecule has 1 saturated heterocycles. The van der Waals surface area contributed by atoms with Crippen LogP contribution in [0.2, 0.25) is 0 Å². The van der Waals surface area contributed by atoms with E-state index in [1.54, 1.807) is 28.8 Å². The molecule has 2 unspecified atom stereocenters. The fourth-order valence-corrected chi connectivity index (χ4v) is 3.52. The molecule has 0 radical (unpaired) electrons. The van der Waals surface area contributed by atoms with Gasteiger partial charge in [-0.1, -0.05) is 18.2 Å². The van der Waals surface area contributed by atoms with Gasteiger partial charge in [0.1, 0.15) is 17.2 Å². The molecule has 21 heavy (non-hydrogen) atoms. The molecule has 0 aromatic heterocycles. The van der Waals surface area contributed by atoms with E-state index < -0.39 is 6.04 Å². The normalized spacial score (nSPS) is 23.8. The van der Waals surface area contributed by atoms with Gasteiger partial charge in [0.25, 0.3) is 11.8 Å². The first-order chi connectivity index (χ1) is 10.1. The van der Waals surface area contributed by atoms with Gasteiger partial charge in [0, 0.05) is 12.0 Å². The van der Waals surface area contributed by atoms with E-state index in [-0.39, 0.29) is 23.8 Å².